The Balaban J connectivity index is 1.79. The Kier molecular flexibility index (Phi) is 4.98. The van der Waals surface area contributed by atoms with Crippen LogP contribution in [0.25, 0.3) is 0 Å². The molecule has 7 heteroatoms. The van der Waals surface area contributed by atoms with Gasteiger partial charge in [0.05, 0.1) is 18.4 Å². The summed E-state index contributed by atoms with van der Waals surface area (Å²) in [5.41, 5.74) is 0. The zero-order chi connectivity index (χ0) is 14.6. The maximum Gasteiger partial charge on any atom is 0.190 e. The molecule has 2 aromatic rings. The number of aliphatic hydroxyl groups is 1. The average molecular weight is 315 g/mol. The summed E-state index contributed by atoms with van der Waals surface area (Å²) < 4.78 is 29.5. The van der Waals surface area contributed by atoms with Crippen LogP contribution in [0.3, 0.4) is 0 Å². The molecule has 1 unspecified atom stereocenters. The fourth-order valence-electron chi connectivity index (χ4n) is 1.78. The van der Waals surface area contributed by atoms with E-state index in [1.54, 1.807) is 17.5 Å². The maximum atomic E-state index is 11.9. The summed E-state index contributed by atoms with van der Waals surface area (Å²) in [4.78, 5) is 0. The molecular weight excluding hydrogens is 298 g/mol. The Morgan fingerprint density at radius 3 is 2.80 bits per heavy atom. The van der Waals surface area contributed by atoms with Gasteiger partial charge in [-0.25, -0.2) is 8.42 Å². The number of aryl methyl sites for hydroxylation is 1. The van der Waals surface area contributed by atoms with Crippen LogP contribution < -0.4 is 5.32 Å². The summed E-state index contributed by atoms with van der Waals surface area (Å²) in [6, 6.07) is 6.93. The lowest BCUT2D eigenvalue weighted by Gasteiger charge is -2.11. The average Bonchev–Trinajstić information content (AvgIpc) is 3.00. The molecule has 0 saturated carbocycles. The number of aliphatic hydroxyl groups excluding tert-OH is 1. The number of hydrogen-bond donors (Lipinski definition) is 2. The molecule has 110 valence electrons. The number of rotatable bonds is 7. The van der Waals surface area contributed by atoms with E-state index < -0.39 is 15.9 Å². The minimum Gasteiger partial charge on any atom is -0.465 e. The van der Waals surface area contributed by atoms with E-state index in [1.165, 1.54) is 0 Å². The number of nitrogens with one attached hydrogen (secondary N) is 1. The van der Waals surface area contributed by atoms with E-state index in [-0.39, 0.29) is 12.3 Å². The lowest BCUT2D eigenvalue weighted by Crippen LogP contribution is -2.32. The maximum absolute atomic E-state index is 11.9. The zero-order valence-electron chi connectivity index (χ0n) is 11.1. The Labute approximate surface area is 122 Å². The van der Waals surface area contributed by atoms with Gasteiger partial charge in [-0.1, -0.05) is 6.07 Å². The first-order chi connectivity index (χ1) is 9.47. The van der Waals surface area contributed by atoms with Gasteiger partial charge in [0, 0.05) is 6.54 Å². The van der Waals surface area contributed by atoms with Crippen molar-refractivity contribution in [1.29, 1.82) is 0 Å². The van der Waals surface area contributed by atoms with Crippen molar-refractivity contribution >= 4 is 21.2 Å². The normalized spacial score (nSPS) is 13.5. The smallest absolute Gasteiger partial charge is 0.190 e. The van der Waals surface area contributed by atoms with Gasteiger partial charge in [-0.15, -0.1) is 11.3 Å². The van der Waals surface area contributed by atoms with Crippen molar-refractivity contribution in [2.24, 2.45) is 0 Å². The molecule has 2 N–H and O–H groups in total. The molecule has 0 bridgehead atoms. The van der Waals surface area contributed by atoms with Crippen LogP contribution in [0.5, 0.6) is 0 Å². The van der Waals surface area contributed by atoms with Gasteiger partial charge < -0.3 is 14.8 Å². The first kappa shape index (κ1) is 15.2. The number of thiophene rings is 1. The summed E-state index contributed by atoms with van der Waals surface area (Å²) in [5.74, 6) is 1.30. The first-order valence-corrected chi connectivity index (χ1v) is 8.71. The molecule has 0 amide bonds. The molecule has 0 fully saturated rings. The minimum absolute atomic E-state index is 0.199. The van der Waals surface area contributed by atoms with Crippen LogP contribution in [0, 0.1) is 6.92 Å². The fourth-order valence-corrected chi connectivity index (χ4v) is 4.26. The largest absolute Gasteiger partial charge is 0.465 e. The van der Waals surface area contributed by atoms with Crippen LogP contribution in [-0.4, -0.2) is 31.9 Å². The molecule has 2 rings (SSSR count). The number of furan rings is 1. The quantitative estimate of drug-likeness (QED) is 0.811. The minimum atomic E-state index is -3.40. The van der Waals surface area contributed by atoms with E-state index in [0.717, 1.165) is 22.9 Å². The van der Waals surface area contributed by atoms with Gasteiger partial charge in [-0.3, -0.25) is 0 Å². The molecule has 0 aliphatic heterocycles. The molecule has 0 aliphatic rings. The Morgan fingerprint density at radius 2 is 2.20 bits per heavy atom. The highest BCUT2D eigenvalue weighted by Crippen LogP contribution is 2.18. The predicted octanol–water partition coefficient (Wildman–Crippen LogP) is 1.57. The molecule has 1 atom stereocenters. The van der Waals surface area contributed by atoms with E-state index in [0.29, 0.717) is 10.8 Å². The molecule has 2 aromatic heterocycles. The van der Waals surface area contributed by atoms with Crippen molar-refractivity contribution in [2.45, 2.75) is 23.8 Å². The van der Waals surface area contributed by atoms with E-state index >= 15 is 0 Å². The lowest BCUT2D eigenvalue weighted by atomic mass is 10.4. The lowest BCUT2D eigenvalue weighted by molar-refractivity contribution is 0.192. The molecule has 0 radical (unpaired) electrons. The van der Waals surface area contributed by atoms with Crippen molar-refractivity contribution in [3.8, 4) is 0 Å². The highest BCUT2D eigenvalue weighted by molar-refractivity contribution is 7.93. The second kappa shape index (κ2) is 6.53. The molecule has 0 aromatic carbocycles. The zero-order valence-corrected chi connectivity index (χ0v) is 12.7. The van der Waals surface area contributed by atoms with Crippen molar-refractivity contribution < 1.29 is 17.9 Å². The third-order valence-corrected chi connectivity index (χ3v) is 5.97. The first-order valence-electron chi connectivity index (χ1n) is 6.18. The predicted molar refractivity (Wildman–Crippen MR) is 77.5 cm³/mol. The Morgan fingerprint density at radius 1 is 1.40 bits per heavy atom. The number of sulfone groups is 1. The van der Waals surface area contributed by atoms with Crippen LogP contribution in [-0.2, 0) is 16.4 Å². The summed E-state index contributed by atoms with van der Waals surface area (Å²) in [7, 11) is -3.40. The second-order valence-corrected chi connectivity index (χ2v) is 7.72. The van der Waals surface area contributed by atoms with Crippen molar-refractivity contribution in [2.75, 3.05) is 12.3 Å². The molecule has 0 aliphatic carbocycles. The van der Waals surface area contributed by atoms with Gasteiger partial charge in [-0.2, -0.15) is 0 Å². The molecule has 2 heterocycles. The molecular formula is C13H17NO4S2. The van der Waals surface area contributed by atoms with Gasteiger partial charge in [0.2, 0.25) is 0 Å². The van der Waals surface area contributed by atoms with Gasteiger partial charge >= 0.3 is 0 Å². The highest BCUT2D eigenvalue weighted by atomic mass is 32.2. The van der Waals surface area contributed by atoms with Crippen LogP contribution in [0.2, 0.25) is 0 Å². The fraction of sp³-hybridized carbons (Fsp3) is 0.385. The van der Waals surface area contributed by atoms with Crippen molar-refractivity contribution in [1.82, 2.24) is 5.32 Å². The molecule has 5 nitrogen and oxygen atoms in total. The summed E-state index contributed by atoms with van der Waals surface area (Å²) in [6.07, 6.45) is -0.946. The monoisotopic (exact) mass is 315 g/mol. The molecule has 20 heavy (non-hydrogen) atoms. The van der Waals surface area contributed by atoms with Crippen LogP contribution in [0.15, 0.2) is 38.3 Å². The van der Waals surface area contributed by atoms with Crippen molar-refractivity contribution in [3.63, 3.8) is 0 Å². The highest BCUT2D eigenvalue weighted by Gasteiger charge is 2.20. The van der Waals surface area contributed by atoms with Gasteiger partial charge in [-0.05, 0) is 30.5 Å². The SMILES string of the molecule is Cc1ccc(CNCC(O)CS(=O)(=O)c2cccs2)o1. The standard InChI is InChI=1S/C13H17NO4S2/c1-10-4-5-12(18-10)8-14-7-11(15)9-20(16,17)13-3-2-6-19-13/h2-6,11,14-15H,7-9H2,1H3. The summed E-state index contributed by atoms with van der Waals surface area (Å²) >= 11 is 1.16. The van der Waals surface area contributed by atoms with Gasteiger partial charge in [0.1, 0.15) is 15.7 Å². The number of hydrogen-bond acceptors (Lipinski definition) is 6. The van der Waals surface area contributed by atoms with E-state index in [2.05, 4.69) is 5.32 Å². The van der Waals surface area contributed by atoms with Crippen molar-refractivity contribution in [3.05, 3.63) is 41.2 Å². The van der Waals surface area contributed by atoms with E-state index in [1.807, 2.05) is 19.1 Å². The topological polar surface area (TPSA) is 79.5 Å². The summed E-state index contributed by atoms with van der Waals surface area (Å²) in [6.45, 7) is 2.51. The molecule has 0 saturated heterocycles. The van der Waals surface area contributed by atoms with Crippen LogP contribution in [0.1, 0.15) is 11.5 Å². The molecule has 0 spiro atoms. The van der Waals surface area contributed by atoms with E-state index in [9.17, 15) is 13.5 Å². The second-order valence-electron chi connectivity index (χ2n) is 4.51. The van der Waals surface area contributed by atoms with Gasteiger partial charge in [0.15, 0.2) is 9.84 Å². The van der Waals surface area contributed by atoms with Crippen LogP contribution in [0.4, 0.5) is 0 Å². The Hall–Kier alpha value is -1.15. The van der Waals surface area contributed by atoms with Crippen LogP contribution >= 0.6 is 11.3 Å². The van der Waals surface area contributed by atoms with Gasteiger partial charge in [0.25, 0.3) is 0 Å². The third kappa shape index (κ3) is 4.17. The summed E-state index contributed by atoms with van der Waals surface area (Å²) in [5, 5.41) is 14.5. The third-order valence-electron chi connectivity index (χ3n) is 2.69. The Bertz CT molecular complexity index is 631. The van der Waals surface area contributed by atoms with E-state index in [4.69, 9.17) is 4.42 Å².